The molecule has 24 heavy (non-hydrogen) atoms. The maximum absolute atomic E-state index is 9.02. The first-order chi connectivity index (χ1) is 10.7. The molecule has 1 N–H and O–H groups in total. The Morgan fingerprint density at radius 1 is 1.21 bits per heavy atom. The molecule has 0 heterocycles. The van der Waals surface area contributed by atoms with Crippen LogP contribution in [0.25, 0.3) is 6.08 Å². The monoisotopic (exact) mass is 440 g/mol. The number of aliphatic hydroxyl groups excluding tert-OH is 1. The standard InChI is InChI=1S/C9H7.C8H11O.C3H6.2ClH.Zr/c1-2-5-9-7-3-6-8(9)4-1;9-7-3-6-8-4-1-2-5-8;1-3-2;;;/h1-7H;4-5,9H,1,3,6-7H2;1-2H3;2*1H;/q;;;;;+2/p-2. The number of hydrogen-bond donors (Lipinski definition) is 1. The molecule has 0 aliphatic heterocycles. The molecule has 0 spiro atoms. The molecule has 0 fully saturated rings. The summed E-state index contributed by atoms with van der Waals surface area (Å²) in [7, 11) is 0. The summed E-state index contributed by atoms with van der Waals surface area (Å²) >= 11 is -1.82. The molecule has 2 aliphatic rings. The van der Waals surface area contributed by atoms with Crippen LogP contribution in [0.2, 0.25) is 0 Å². The van der Waals surface area contributed by atoms with Gasteiger partial charge in [0.2, 0.25) is 0 Å². The van der Waals surface area contributed by atoms with Crippen LogP contribution in [-0.4, -0.2) is 14.9 Å². The Morgan fingerprint density at radius 3 is 2.67 bits per heavy atom. The van der Waals surface area contributed by atoms with E-state index in [1.165, 1.54) is 11.1 Å². The summed E-state index contributed by atoms with van der Waals surface area (Å²) in [6.45, 7) is 4.98. The van der Waals surface area contributed by atoms with Gasteiger partial charge >= 0.3 is 141 Å². The zero-order valence-corrected chi connectivity index (χ0v) is 18.2. The van der Waals surface area contributed by atoms with E-state index in [1.54, 1.807) is 12.1 Å². The Bertz CT molecular complexity index is 697. The molecule has 0 aromatic heterocycles. The van der Waals surface area contributed by atoms with Crippen molar-refractivity contribution in [1.82, 2.24) is 0 Å². The van der Waals surface area contributed by atoms with Gasteiger partial charge in [-0.25, -0.2) is 0 Å². The number of rotatable bonds is 5. The average Bonchev–Trinajstić information content (AvgIpc) is 3.13. The molecule has 1 aromatic carbocycles. The smallest absolute Gasteiger partial charge is 1.00 e. The zero-order valence-electron chi connectivity index (χ0n) is 14.2. The van der Waals surface area contributed by atoms with Gasteiger partial charge in [-0.2, -0.15) is 0 Å². The number of allylic oxidation sites excluding steroid dienone is 5. The van der Waals surface area contributed by atoms with E-state index in [1.807, 2.05) is 0 Å². The fourth-order valence-corrected chi connectivity index (χ4v) is 11.4. The molecule has 128 valence electrons. The third-order valence-electron chi connectivity index (χ3n) is 4.56. The van der Waals surface area contributed by atoms with E-state index >= 15 is 0 Å². The number of aliphatic hydroxyl groups is 1. The van der Waals surface area contributed by atoms with Gasteiger partial charge in [0.1, 0.15) is 0 Å². The van der Waals surface area contributed by atoms with Crippen molar-refractivity contribution in [3.8, 4) is 0 Å². The second-order valence-electron chi connectivity index (χ2n) is 6.36. The van der Waals surface area contributed by atoms with Crippen molar-refractivity contribution in [2.75, 3.05) is 6.61 Å². The van der Waals surface area contributed by atoms with Gasteiger partial charge in [0, 0.05) is 0 Å². The van der Waals surface area contributed by atoms with Gasteiger partial charge in [-0.05, 0) is 0 Å². The molecule has 0 saturated heterocycles. The van der Waals surface area contributed by atoms with Crippen LogP contribution in [0.4, 0.5) is 0 Å². The van der Waals surface area contributed by atoms with Crippen LogP contribution in [0.5, 0.6) is 0 Å². The van der Waals surface area contributed by atoms with Crippen LogP contribution in [0.1, 0.15) is 47.9 Å². The Kier molecular flexibility index (Phi) is 9.09. The summed E-state index contributed by atoms with van der Waals surface area (Å²) in [5.74, 6) is 0. The second-order valence-corrected chi connectivity index (χ2v) is 14.0. The van der Waals surface area contributed by atoms with E-state index in [0.717, 1.165) is 19.3 Å². The summed E-state index contributed by atoms with van der Waals surface area (Å²) in [5, 5.41) is 9.02. The van der Waals surface area contributed by atoms with Gasteiger partial charge in [0.05, 0.1) is 0 Å². The molecular weight excluding hydrogens is 418 g/mol. The number of benzene rings is 1. The van der Waals surface area contributed by atoms with Gasteiger partial charge in [0.25, 0.3) is 0 Å². The molecule has 0 bridgehead atoms. The third kappa shape index (κ3) is 4.67. The summed E-state index contributed by atoms with van der Waals surface area (Å²) in [6, 6.07) is 8.88. The van der Waals surface area contributed by atoms with E-state index < -0.39 is 21.3 Å². The zero-order chi connectivity index (χ0) is 15.5. The Labute approximate surface area is 165 Å². The molecule has 1 nitrogen and oxygen atoms in total. The molecule has 4 heteroatoms. The van der Waals surface area contributed by atoms with Crippen LogP contribution in [0, 0.1) is 0 Å². The molecular formula is C20H24Cl2OZr. The first-order valence-corrected chi connectivity index (χ1v) is 12.0. The van der Waals surface area contributed by atoms with E-state index in [4.69, 9.17) is 5.11 Å². The molecule has 1 atom stereocenters. The van der Waals surface area contributed by atoms with Gasteiger partial charge in [0.15, 0.2) is 0 Å². The van der Waals surface area contributed by atoms with Crippen LogP contribution in [0.15, 0.2) is 51.3 Å². The van der Waals surface area contributed by atoms with Crippen molar-refractivity contribution in [2.45, 2.75) is 36.7 Å². The minimum atomic E-state index is -1.82. The van der Waals surface area contributed by atoms with Crippen molar-refractivity contribution in [1.29, 1.82) is 0 Å². The van der Waals surface area contributed by atoms with Crippen LogP contribution in [-0.2, 0) is 21.3 Å². The van der Waals surface area contributed by atoms with Gasteiger partial charge in [-0.1, -0.05) is 0 Å². The Morgan fingerprint density at radius 2 is 1.96 bits per heavy atom. The van der Waals surface area contributed by atoms with Crippen LogP contribution >= 0.6 is 0 Å². The van der Waals surface area contributed by atoms with Crippen LogP contribution in [0.3, 0.4) is 0 Å². The van der Waals surface area contributed by atoms with E-state index in [2.05, 4.69) is 62.4 Å². The number of hydrogen-bond acceptors (Lipinski definition) is 1. The van der Waals surface area contributed by atoms with Crippen molar-refractivity contribution in [3.05, 3.63) is 62.5 Å². The maximum atomic E-state index is 9.02. The summed E-state index contributed by atoms with van der Waals surface area (Å²) in [5.41, 5.74) is 4.40. The first kappa shape index (κ1) is 21.8. The normalized spacial score (nSPS) is 17.0. The van der Waals surface area contributed by atoms with E-state index in [-0.39, 0.29) is 24.8 Å². The molecule has 0 saturated carbocycles. The summed E-state index contributed by atoms with van der Waals surface area (Å²) < 4.78 is 4.07. The largest absolute Gasteiger partial charge is 1.00 e. The molecule has 2 aliphatic carbocycles. The summed E-state index contributed by atoms with van der Waals surface area (Å²) in [4.78, 5) is 0. The van der Waals surface area contributed by atoms with Crippen LogP contribution < -0.4 is 24.8 Å². The van der Waals surface area contributed by atoms with Crippen molar-refractivity contribution >= 4 is 9.28 Å². The Balaban J connectivity index is 0.00000144. The van der Waals surface area contributed by atoms with E-state index in [0.29, 0.717) is 10.2 Å². The molecule has 1 unspecified atom stereocenters. The molecule has 1 aromatic rings. The predicted octanol–water partition coefficient (Wildman–Crippen LogP) is -1.42. The SMILES string of the molecule is C[C](C)=[Zr+2]([C]1=CC(CCCO)=CC1)[CH]1C=Cc2ccccc21.[Cl-].[Cl-]. The topological polar surface area (TPSA) is 20.2 Å². The van der Waals surface area contributed by atoms with Crippen molar-refractivity contribution < 1.29 is 51.2 Å². The van der Waals surface area contributed by atoms with Gasteiger partial charge in [-0.15, -0.1) is 0 Å². The molecule has 3 rings (SSSR count). The predicted molar refractivity (Wildman–Crippen MR) is 91.7 cm³/mol. The third-order valence-corrected chi connectivity index (χ3v) is 12.5. The molecule has 0 amide bonds. The minimum Gasteiger partial charge on any atom is -1.00 e. The average molecular weight is 443 g/mol. The fourth-order valence-electron chi connectivity index (χ4n) is 3.56. The second kappa shape index (κ2) is 10.0. The first-order valence-electron chi connectivity index (χ1n) is 8.16. The van der Waals surface area contributed by atoms with Gasteiger partial charge < -0.3 is 24.8 Å². The maximum Gasteiger partial charge on any atom is -1.00 e. The number of fused-ring (bicyclic) bond motifs is 1. The number of halogens is 2. The molecule has 0 radical (unpaired) electrons. The van der Waals surface area contributed by atoms with Crippen molar-refractivity contribution in [2.24, 2.45) is 0 Å². The van der Waals surface area contributed by atoms with E-state index in [9.17, 15) is 0 Å². The minimum absolute atomic E-state index is 0. The Hall–Kier alpha value is -0.267. The van der Waals surface area contributed by atoms with Crippen molar-refractivity contribution in [3.63, 3.8) is 0 Å². The summed E-state index contributed by atoms with van der Waals surface area (Å²) in [6.07, 6.45) is 12.7. The van der Waals surface area contributed by atoms with Gasteiger partial charge in [-0.3, -0.25) is 0 Å². The fraction of sp³-hybridized carbons (Fsp3) is 0.350. The quantitative estimate of drug-likeness (QED) is 0.594.